The Hall–Kier alpha value is -1.57. The molecule has 0 aliphatic heterocycles. The summed E-state index contributed by atoms with van der Waals surface area (Å²) in [5, 5.41) is 0. The number of carbonyl (C=O) groups excluding carboxylic acids is 1. The third-order valence-corrected chi connectivity index (χ3v) is 3.33. The van der Waals surface area contributed by atoms with E-state index in [0.29, 0.717) is 18.1 Å². The molecule has 2 nitrogen and oxygen atoms in total. The highest BCUT2D eigenvalue weighted by molar-refractivity contribution is 5.89. The van der Waals surface area contributed by atoms with Crippen molar-refractivity contribution in [1.82, 2.24) is 0 Å². The van der Waals surface area contributed by atoms with Crippen LogP contribution in [0.5, 0.6) is 0 Å². The Kier molecular flexibility index (Phi) is 4.57. The van der Waals surface area contributed by atoms with E-state index in [4.69, 9.17) is 4.74 Å². The molecule has 0 saturated carbocycles. The van der Waals surface area contributed by atoms with E-state index >= 15 is 0 Å². The minimum absolute atomic E-state index is 0.225. The van der Waals surface area contributed by atoms with Crippen LogP contribution in [-0.2, 0) is 4.74 Å². The maximum absolute atomic E-state index is 11.7. The Bertz CT molecular complexity index is 434. The summed E-state index contributed by atoms with van der Waals surface area (Å²) in [4.78, 5) is 11.7. The summed E-state index contributed by atoms with van der Waals surface area (Å²) in [7, 11) is 0. The van der Waals surface area contributed by atoms with Crippen molar-refractivity contribution in [2.75, 3.05) is 6.61 Å². The highest BCUT2D eigenvalue weighted by Crippen LogP contribution is 2.27. The largest absolute Gasteiger partial charge is 0.462 e. The molecule has 1 aliphatic rings. The fourth-order valence-electron chi connectivity index (χ4n) is 2.37. The quantitative estimate of drug-likeness (QED) is 0.591. The van der Waals surface area contributed by atoms with Crippen molar-refractivity contribution < 1.29 is 9.53 Å². The van der Waals surface area contributed by atoms with Crippen LogP contribution < -0.4 is 0 Å². The van der Waals surface area contributed by atoms with Gasteiger partial charge in [-0.2, -0.15) is 0 Å². The fourth-order valence-corrected chi connectivity index (χ4v) is 2.37. The van der Waals surface area contributed by atoms with Crippen LogP contribution in [0.25, 0.3) is 0 Å². The minimum atomic E-state index is -0.225. The summed E-state index contributed by atoms with van der Waals surface area (Å²) < 4.78 is 5.04. The summed E-state index contributed by atoms with van der Waals surface area (Å²) in [6, 6.07) is 7.84. The molecule has 1 aromatic rings. The lowest BCUT2D eigenvalue weighted by Gasteiger charge is -2.12. The number of esters is 1. The first kappa shape index (κ1) is 12.9. The zero-order valence-corrected chi connectivity index (χ0v) is 10.9. The van der Waals surface area contributed by atoms with Gasteiger partial charge in [0.05, 0.1) is 12.2 Å². The fraction of sp³-hybridized carbons (Fsp3) is 0.438. The van der Waals surface area contributed by atoms with Crippen LogP contribution in [0, 0.1) is 0 Å². The van der Waals surface area contributed by atoms with Gasteiger partial charge in [0.25, 0.3) is 0 Å². The van der Waals surface area contributed by atoms with Crippen molar-refractivity contribution in [3.8, 4) is 0 Å². The lowest BCUT2D eigenvalue weighted by molar-refractivity contribution is 0.0526. The van der Waals surface area contributed by atoms with Crippen molar-refractivity contribution in [1.29, 1.82) is 0 Å². The van der Waals surface area contributed by atoms with E-state index in [1.54, 1.807) is 0 Å². The maximum Gasteiger partial charge on any atom is 0.338 e. The van der Waals surface area contributed by atoms with Crippen LogP contribution in [0.4, 0.5) is 0 Å². The van der Waals surface area contributed by atoms with Crippen molar-refractivity contribution >= 4 is 5.97 Å². The molecule has 2 heteroatoms. The first-order valence-corrected chi connectivity index (χ1v) is 6.75. The van der Waals surface area contributed by atoms with Crippen LogP contribution >= 0.6 is 0 Å². The molecular weight excluding hydrogens is 224 g/mol. The van der Waals surface area contributed by atoms with Gasteiger partial charge in [0.15, 0.2) is 0 Å². The van der Waals surface area contributed by atoms with Gasteiger partial charge >= 0.3 is 5.97 Å². The summed E-state index contributed by atoms with van der Waals surface area (Å²) >= 11 is 0. The Morgan fingerprint density at radius 3 is 3.11 bits per heavy atom. The van der Waals surface area contributed by atoms with Gasteiger partial charge in [-0.1, -0.05) is 30.7 Å². The third kappa shape index (κ3) is 3.22. The standard InChI is InChI=1S/C16H20O2/c1-2-18-16(17)15-11-7-10-14(12-15)13-8-5-3-4-6-9-13/h5,7-8,10-13H,2-4,6,9H2,1H3. The van der Waals surface area contributed by atoms with Gasteiger partial charge in [0, 0.05) is 5.92 Å². The highest BCUT2D eigenvalue weighted by atomic mass is 16.5. The SMILES string of the molecule is CCOC(=O)c1cccc(C2C=CCCCC2)c1. The predicted molar refractivity (Wildman–Crippen MR) is 72.7 cm³/mol. The topological polar surface area (TPSA) is 26.3 Å². The molecule has 0 N–H and O–H groups in total. The van der Waals surface area contributed by atoms with Gasteiger partial charge in [-0.15, -0.1) is 0 Å². The van der Waals surface area contributed by atoms with E-state index in [-0.39, 0.29) is 5.97 Å². The van der Waals surface area contributed by atoms with Gasteiger partial charge in [-0.05, 0) is 43.9 Å². The Morgan fingerprint density at radius 2 is 2.28 bits per heavy atom. The normalized spacial score (nSPS) is 19.3. The smallest absolute Gasteiger partial charge is 0.338 e. The summed E-state index contributed by atoms with van der Waals surface area (Å²) in [6.07, 6.45) is 9.40. The van der Waals surface area contributed by atoms with E-state index in [9.17, 15) is 4.79 Å². The van der Waals surface area contributed by atoms with Crippen molar-refractivity contribution in [3.63, 3.8) is 0 Å². The Labute approximate surface area is 109 Å². The van der Waals surface area contributed by atoms with Gasteiger partial charge in [-0.25, -0.2) is 4.79 Å². The van der Waals surface area contributed by atoms with Crippen molar-refractivity contribution in [2.24, 2.45) is 0 Å². The van der Waals surface area contributed by atoms with Crippen LogP contribution in [0.15, 0.2) is 36.4 Å². The predicted octanol–water partition coefficient (Wildman–Crippen LogP) is 4.08. The molecule has 1 atom stereocenters. The summed E-state index contributed by atoms with van der Waals surface area (Å²) in [5.41, 5.74) is 1.88. The van der Waals surface area contributed by atoms with Crippen LogP contribution in [0.2, 0.25) is 0 Å². The lowest BCUT2D eigenvalue weighted by atomic mass is 9.93. The van der Waals surface area contributed by atoms with Gasteiger partial charge < -0.3 is 4.74 Å². The Balaban J connectivity index is 2.18. The van der Waals surface area contributed by atoms with Crippen LogP contribution in [-0.4, -0.2) is 12.6 Å². The summed E-state index contributed by atoms with van der Waals surface area (Å²) in [6.45, 7) is 2.25. The first-order valence-electron chi connectivity index (χ1n) is 6.75. The molecule has 1 aromatic carbocycles. The molecule has 0 radical (unpaired) electrons. The van der Waals surface area contributed by atoms with E-state index in [1.807, 2.05) is 25.1 Å². The molecular formula is C16H20O2. The van der Waals surface area contributed by atoms with Gasteiger partial charge in [0.2, 0.25) is 0 Å². The summed E-state index contributed by atoms with van der Waals surface area (Å²) in [5.74, 6) is 0.221. The number of hydrogen-bond acceptors (Lipinski definition) is 2. The molecule has 0 fully saturated rings. The maximum atomic E-state index is 11.7. The van der Waals surface area contributed by atoms with E-state index in [0.717, 1.165) is 0 Å². The molecule has 18 heavy (non-hydrogen) atoms. The Morgan fingerprint density at radius 1 is 1.39 bits per heavy atom. The number of ether oxygens (including phenoxy) is 1. The zero-order chi connectivity index (χ0) is 12.8. The van der Waals surface area contributed by atoms with Crippen molar-refractivity contribution in [3.05, 3.63) is 47.5 Å². The average Bonchev–Trinajstić information content (AvgIpc) is 2.68. The van der Waals surface area contributed by atoms with Gasteiger partial charge in [-0.3, -0.25) is 0 Å². The minimum Gasteiger partial charge on any atom is -0.462 e. The van der Waals surface area contributed by atoms with E-state index in [1.165, 1.54) is 31.2 Å². The number of rotatable bonds is 3. The molecule has 1 aliphatic carbocycles. The van der Waals surface area contributed by atoms with E-state index < -0.39 is 0 Å². The molecule has 1 unspecified atom stereocenters. The second-order valence-electron chi connectivity index (χ2n) is 4.67. The molecule has 0 saturated heterocycles. The lowest BCUT2D eigenvalue weighted by Crippen LogP contribution is -2.05. The third-order valence-electron chi connectivity index (χ3n) is 3.33. The number of carbonyl (C=O) groups is 1. The second-order valence-corrected chi connectivity index (χ2v) is 4.67. The van der Waals surface area contributed by atoms with Crippen LogP contribution in [0.1, 0.15) is 54.4 Å². The van der Waals surface area contributed by atoms with Gasteiger partial charge in [0.1, 0.15) is 0 Å². The molecule has 0 amide bonds. The molecule has 0 bridgehead atoms. The van der Waals surface area contributed by atoms with E-state index in [2.05, 4.69) is 18.2 Å². The van der Waals surface area contributed by atoms with Crippen LogP contribution in [0.3, 0.4) is 0 Å². The monoisotopic (exact) mass is 244 g/mol. The second kappa shape index (κ2) is 6.39. The number of benzene rings is 1. The molecule has 2 rings (SSSR count). The molecule has 96 valence electrons. The number of allylic oxidation sites excluding steroid dienone is 2. The van der Waals surface area contributed by atoms with Crippen molar-refractivity contribution in [2.45, 2.75) is 38.5 Å². The average molecular weight is 244 g/mol. The molecule has 0 spiro atoms. The number of hydrogen-bond donors (Lipinski definition) is 0. The first-order chi connectivity index (χ1) is 8.81. The molecule has 0 heterocycles. The molecule has 0 aromatic heterocycles. The zero-order valence-electron chi connectivity index (χ0n) is 10.9. The highest BCUT2D eigenvalue weighted by Gasteiger charge is 2.13.